The number of aromatic nitrogens is 7. The molecule has 8 N–H and O–H groups in total. The number of fused-ring (bicyclic) bond motifs is 1. The summed E-state index contributed by atoms with van der Waals surface area (Å²) in [5.74, 6) is -0.291. The van der Waals surface area contributed by atoms with Crippen LogP contribution in [0.15, 0.2) is 22.2 Å². The van der Waals surface area contributed by atoms with Crippen molar-refractivity contribution in [3.8, 4) is 0 Å². The van der Waals surface area contributed by atoms with Gasteiger partial charge in [-0.3, -0.25) is 18.9 Å². The summed E-state index contributed by atoms with van der Waals surface area (Å²) in [6.45, 7) is -0.745. The number of nitrogens with one attached hydrogen (secondary N) is 1. The molecular formula is C18H25N9O9P2. The maximum Gasteiger partial charge on any atom is 0.354 e. The SMILES string of the molecule is Nc1ncn([C@H]2C[C@@H](OP(O)(=P)OCC3O[C@@H](n4cnc5c(=O)[nH]c(N)nc54)C[C@H]3O)C(CO)O2)c(=O)n1. The van der Waals surface area contributed by atoms with Gasteiger partial charge in [0.15, 0.2) is 11.2 Å². The van der Waals surface area contributed by atoms with Crippen LogP contribution in [0.1, 0.15) is 25.3 Å². The van der Waals surface area contributed by atoms with E-state index in [1.165, 1.54) is 10.9 Å². The molecule has 5 heterocycles. The summed E-state index contributed by atoms with van der Waals surface area (Å²) in [5.41, 5.74) is 10.1. The lowest BCUT2D eigenvalue weighted by Crippen LogP contribution is -2.29. The Balaban J connectivity index is 1.22. The van der Waals surface area contributed by atoms with Crippen molar-refractivity contribution in [1.82, 2.24) is 34.1 Å². The van der Waals surface area contributed by atoms with Crippen molar-refractivity contribution in [1.29, 1.82) is 0 Å². The molecule has 0 amide bonds. The van der Waals surface area contributed by atoms with E-state index in [0.717, 1.165) is 10.9 Å². The fourth-order valence-corrected chi connectivity index (χ4v) is 5.91. The summed E-state index contributed by atoms with van der Waals surface area (Å²) < 4.78 is 25.3. The van der Waals surface area contributed by atoms with Crippen molar-refractivity contribution in [2.45, 2.75) is 49.7 Å². The Labute approximate surface area is 214 Å². The number of H-pyrrole nitrogens is 1. The summed E-state index contributed by atoms with van der Waals surface area (Å²) in [7, 11) is -0.598. The lowest BCUT2D eigenvalue weighted by atomic mass is 10.2. The fraction of sp³-hybridized carbons (Fsp3) is 0.556. The minimum absolute atomic E-state index is 0.0577. The van der Waals surface area contributed by atoms with Crippen molar-refractivity contribution in [3.05, 3.63) is 33.5 Å². The molecule has 0 aliphatic carbocycles. The minimum atomic E-state index is -3.70. The van der Waals surface area contributed by atoms with Crippen LogP contribution in [0.3, 0.4) is 0 Å². The van der Waals surface area contributed by atoms with E-state index in [0.29, 0.717) is 0 Å². The molecule has 3 unspecified atom stereocenters. The summed E-state index contributed by atoms with van der Waals surface area (Å²) >= 11 is 0. The van der Waals surface area contributed by atoms with Gasteiger partial charge >= 0.3 is 5.69 Å². The second-order valence-electron chi connectivity index (χ2n) is 8.62. The van der Waals surface area contributed by atoms with Gasteiger partial charge in [0.2, 0.25) is 11.9 Å². The van der Waals surface area contributed by atoms with Gasteiger partial charge in [0.25, 0.3) is 12.8 Å². The highest BCUT2D eigenvalue weighted by atomic mass is 31.8. The van der Waals surface area contributed by atoms with Crippen LogP contribution in [0, 0.1) is 0 Å². The van der Waals surface area contributed by atoms with E-state index in [1.807, 2.05) is 0 Å². The average Bonchev–Trinajstić information content (AvgIpc) is 3.54. The third-order valence-electron chi connectivity index (χ3n) is 6.07. The van der Waals surface area contributed by atoms with Crippen LogP contribution in [0.5, 0.6) is 0 Å². The van der Waals surface area contributed by atoms with Gasteiger partial charge < -0.3 is 45.1 Å². The van der Waals surface area contributed by atoms with Crippen LogP contribution in [-0.4, -0.2) is 86.8 Å². The van der Waals surface area contributed by atoms with Crippen molar-refractivity contribution < 1.29 is 33.6 Å². The van der Waals surface area contributed by atoms with Crippen LogP contribution >= 0.6 is 15.8 Å². The molecule has 5 rings (SSSR count). The number of anilines is 2. The molecule has 0 bridgehead atoms. The number of imidazole rings is 1. The van der Waals surface area contributed by atoms with Crippen LogP contribution in [0.4, 0.5) is 11.9 Å². The molecule has 20 heteroatoms. The first kappa shape index (κ1) is 26.8. The van der Waals surface area contributed by atoms with Gasteiger partial charge in [0.05, 0.1) is 31.7 Å². The number of aromatic amines is 1. The van der Waals surface area contributed by atoms with Gasteiger partial charge in [-0.05, 0) is 8.53 Å². The summed E-state index contributed by atoms with van der Waals surface area (Å²) in [4.78, 5) is 52.7. The Morgan fingerprint density at radius 3 is 2.58 bits per heavy atom. The standard InChI is InChI=1S/C18H25N9O9P2/c19-16-22-6-27(18(31)25-16)12-2-8(9(3-28)34-12)36-38(32,37)33-4-10-7(29)1-11(35-10)26-5-21-13-14(26)23-17(20)24-15(13)30/h5-12,28-29,32,37H,1-4H2,(H2,19,25,31)(H3,20,23,24,30)/t7-,8-,9?,10?,11-,12-,38?/m1/s1. The summed E-state index contributed by atoms with van der Waals surface area (Å²) in [6, 6.07) is 0. The molecule has 0 saturated carbocycles. The van der Waals surface area contributed by atoms with Crippen LogP contribution < -0.4 is 22.7 Å². The zero-order valence-electron chi connectivity index (χ0n) is 19.5. The van der Waals surface area contributed by atoms with Gasteiger partial charge in [0, 0.05) is 12.8 Å². The highest BCUT2D eigenvalue weighted by Crippen LogP contribution is 2.53. The molecule has 2 aliphatic rings. The van der Waals surface area contributed by atoms with E-state index in [9.17, 15) is 24.7 Å². The van der Waals surface area contributed by atoms with Gasteiger partial charge in [-0.25, -0.2) is 14.8 Å². The molecule has 2 aliphatic heterocycles. The molecule has 38 heavy (non-hydrogen) atoms. The molecule has 0 radical (unpaired) electrons. The van der Waals surface area contributed by atoms with E-state index < -0.39 is 62.0 Å². The first-order chi connectivity index (χ1) is 18.0. The highest BCUT2D eigenvalue weighted by molar-refractivity contribution is 7.88. The number of ether oxygens (including phenoxy) is 2. The fourth-order valence-electron chi connectivity index (χ4n) is 4.28. The summed E-state index contributed by atoms with van der Waals surface area (Å²) in [5, 5.41) is 20.2. The summed E-state index contributed by atoms with van der Waals surface area (Å²) in [6.07, 6.45) is -2.56. The Morgan fingerprint density at radius 2 is 1.84 bits per heavy atom. The third kappa shape index (κ3) is 5.36. The normalized spacial score (nSPS) is 29.1. The Bertz CT molecular complexity index is 1500. The van der Waals surface area contributed by atoms with E-state index >= 15 is 0 Å². The predicted octanol–water partition coefficient (Wildman–Crippen LogP) is -1.92. The molecule has 7 atom stereocenters. The second kappa shape index (κ2) is 10.4. The topological polar surface area (TPSA) is 261 Å². The predicted molar refractivity (Wildman–Crippen MR) is 132 cm³/mol. The maximum atomic E-state index is 12.1. The molecule has 206 valence electrons. The molecule has 0 spiro atoms. The van der Waals surface area contributed by atoms with Gasteiger partial charge in [-0.15, -0.1) is 0 Å². The number of nitrogens with zero attached hydrogens (tertiary/aromatic N) is 6. The van der Waals surface area contributed by atoms with Crippen molar-refractivity contribution in [2.24, 2.45) is 0 Å². The molecule has 18 nitrogen and oxygen atoms in total. The number of nitrogens with two attached hydrogens (primary N) is 2. The molecule has 3 aromatic heterocycles. The first-order valence-electron chi connectivity index (χ1n) is 11.3. The highest BCUT2D eigenvalue weighted by Gasteiger charge is 2.41. The van der Waals surface area contributed by atoms with Crippen molar-refractivity contribution >= 4 is 38.8 Å². The van der Waals surface area contributed by atoms with Crippen LogP contribution in [0.2, 0.25) is 0 Å². The lowest BCUT2D eigenvalue weighted by molar-refractivity contribution is -0.0521. The van der Waals surface area contributed by atoms with Gasteiger partial charge in [0.1, 0.15) is 31.0 Å². The van der Waals surface area contributed by atoms with E-state index in [1.54, 1.807) is 0 Å². The molecular weight excluding hydrogens is 548 g/mol. The average molecular weight is 573 g/mol. The zero-order valence-corrected chi connectivity index (χ0v) is 21.4. The Kier molecular flexibility index (Phi) is 7.34. The van der Waals surface area contributed by atoms with Crippen LogP contribution in [-0.2, 0) is 18.5 Å². The van der Waals surface area contributed by atoms with Gasteiger partial charge in [-0.1, -0.05) is 0 Å². The monoisotopic (exact) mass is 573 g/mol. The molecule has 2 fully saturated rings. The van der Waals surface area contributed by atoms with E-state index in [4.69, 9.17) is 30.0 Å². The zero-order chi connectivity index (χ0) is 27.2. The molecule has 3 aromatic rings. The smallest absolute Gasteiger partial charge is 0.354 e. The van der Waals surface area contributed by atoms with Gasteiger partial charge in [-0.2, -0.15) is 9.97 Å². The molecule has 0 aromatic carbocycles. The number of rotatable bonds is 8. The number of nitrogen functional groups attached to an aromatic ring is 2. The lowest BCUT2D eigenvalue weighted by Gasteiger charge is -2.25. The molecule has 2 saturated heterocycles. The first-order valence-corrected chi connectivity index (χ1v) is 14.2. The Hall–Kier alpha value is -2.79. The number of aliphatic hydroxyl groups excluding tert-OH is 2. The minimum Gasteiger partial charge on any atom is -0.394 e. The number of aliphatic hydroxyl groups is 2. The van der Waals surface area contributed by atoms with Crippen molar-refractivity contribution in [2.75, 3.05) is 24.7 Å². The van der Waals surface area contributed by atoms with E-state index in [2.05, 4.69) is 33.4 Å². The third-order valence-corrected chi connectivity index (χ3v) is 7.83. The number of hydrogen-bond acceptors (Lipinski definition) is 14. The van der Waals surface area contributed by atoms with E-state index in [-0.39, 0.29) is 42.5 Å². The quantitative estimate of drug-likeness (QED) is 0.160. The maximum absolute atomic E-state index is 12.1. The van der Waals surface area contributed by atoms with Crippen molar-refractivity contribution in [3.63, 3.8) is 0 Å². The largest absolute Gasteiger partial charge is 0.394 e. The second-order valence-corrected chi connectivity index (χ2v) is 11.8. The Morgan fingerprint density at radius 1 is 1.13 bits per heavy atom. The van der Waals surface area contributed by atoms with Crippen LogP contribution in [0.25, 0.3) is 11.2 Å². The number of hydrogen-bond donors (Lipinski definition) is 6.